The zero-order valence-electron chi connectivity index (χ0n) is 8.76. The summed E-state index contributed by atoms with van der Waals surface area (Å²) in [4.78, 5) is 11.8. The Balaban J connectivity index is 2.43. The van der Waals surface area contributed by atoms with E-state index < -0.39 is 6.09 Å². The monoisotopic (exact) mass is 208 g/mol. The summed E-state index contributed by atoms with van der Waals surface area (Å²) < 4.78 is 0. The zero-order valence-corrected chi connectivity index (χ0v) is 8.76. The molecular formula is C11H16N2O2. The number of carbonyl (C=O) groups is 1. The van der Waals surface area contributed by atoms with Crippen LogP contribution in [-0.4, -0.2) is 29.7 Å². The summed E-state index contributed by atoms with van der Waals surface area (Å²) in [5.41, 5.74) is 6.96. The van der Waals surface area contributed by atoms with Gasteiger partial charge in [0.2, 0.25) is 0 Å². The second kappa shape index (κ2) is 5.36. The quantitative estimate of drug-likeness (QED) is 0.791. The third-order valence-corrected chi connectivity index (χ3v) is 2.33. The van der Waals surface area contributed by atoms with Crippen LogP contribution in [0.25, 0.3) is 0 Å². The van der Waals surface area contributed by atoms with Gasteiger partial charge in [-0.15, -0.1) is 0 Å². The molecule has 1 aromatic rings. The number of hydrogen-bond acceptors (Lipinski definition) is 2. The molecule has 0 saturated carbocycles. The van der Waals surface area contributed by atoms with Crippen molar-refractivity contribution in [3.8, 4) is 0 Å². The van der Waals surface area contributed by atoms with Gasteiger partial charge < -0.3 is 15.7 Å². The molecule has 0 fully saturated rings. The van der Waals surface area contributed by atoms with E-state index in [2.05, 4.69) is 0 Å². The van der Waals surface area contributed by atoms with Crippen molar-refractivity contribution in [2.75, 3.05) is 13.6 Å². The van der Waals surface area contributed by atoms with E-state index in [4.69, 9.17) is 10.8 Å². The first-order valence-corrected chi connectivity index (χ1v) is 4.86. The van der Waals surface area contributed by atoms with Gasteiger partial charge in [0.05, 0.1) is 0 Å². The van der Waals surface area contributed by atoms with E-state index in [-0.39, 0.29) is 6.04 Å². The SMILES string of the molecule is CN(CCC(N)c1ccccc1)C(=O)O. The molecule has 1 atom stereocenters. The summed E-state index contributed by atoms with van der Waals surface area (Å²) in [6.07, 6.45) is -0.289. The predicted octanol–water partition coefficient (Wildman–Crippen LogP) is 1.69. The summed E-state index contributed by atoms with van der Waals surface area (Å²) in [6.45, 7) is 0.450. The van der Waals surface area contributed by atoms with Gasteiger partial charge in [0, 0.05) is 19.6 Å². The molecule has 0 aliphatic carbocycles. The van der Waals surface area contributed by atoms with Gasteiger partial charge in [0.1, 0.15) is 0 Å². The first-order chi connectivity index (χ1) is 7.11. The minimum absolute atomic E-state index is 0.104. The van der Waals surface area contributed by atoms with Crippen LogP contribution in [-0.2, 0) is 0 Å². The summed E-state index contributed by atoms with van der Waals surface area (Å²) in [5.74, 6) is 0. The number of nitrogens with zero attached hydrogens (tertiary/aromatic N) is 1. The van der Waals surface area contributed by atoms with Gasteiger partial charge in [-0.25, -0.2) is 4.79 Å². The van der Waals surface area contributed by atoms with Gasteiger partial charge in [-0.05, 0) is 12.0 Å². The Bertz CT molecular complexity index is 314. The van der Waals surface area contributed by atoms with Crippen molar-refractivity contribution in [2.45, 2.75) is 12.5 Å². The Morgan fingerprint density at radius 2 is 2.07 bits per heavy atom. The molecule has 4 heteroatoms. The van der Waals surface area contributed by atoms with E-state index >= 15 is 0 Å². The highest BCUT2D eigenvalue weighted by Crippen LogP contribution is 2.13. The van der Waals surface area contributed by atoms with Crippen molar-refractivity contribution in [1.29, 1.82) is 0 Å². The molecule has 1 unspecified atom stereocenters. The van der Waals surface area contributed by atoms with Crippen LogP contribution in [0.4, 0.5) is 4.79 Å². The second-order valence-corrected chi connectivity index (χ2v) is 3.51. The van der Waals surface area contributed by atoms with Crippen molar-refractivity contribution in [1.82, 2.24) is 4.90 Å². The van der Waals surface area contributed by atoms with Crippen LogP contribution < -0.4 is 5.73 Å². The summed E-state index contributed by atoms with van der Waals surface area (Å²) in [7, 11) is 1.54. The lowest BCUT2D eigenvalue weighted by Crippen LogP contribution is -2.28. The molecule has 1 rings (SSSR count). The molecule has 0 aliphatic heterocycles. The molecule has 82 valence electrons. The maximum atomic E-state index is 10.5. The molecule has 0 bridgehead atoms. The standard InChI is InChI=1S/C11H16N2O2/c1-13(11(14)15)8-7-10(12)9-5-3-2-4-6-9/h2-6,10H,7-8,12H2,1H3,(H,14,15). The van der Waals surface area contributed by atoms with Gasteiger partial charge >= 0.3 is 6.09 Å². The van der Waals surface area contributed by atoms with E-state index in [0.29, 0.717) is 13.0 Å². The first kappa shape index (κ1) is 11.5. The smallest absolute Gasteiger partial charge is 0.407 e. The van der Waals surface area contributed by atoms with Crippen molar-refractivity contribution in [2.24, 2.45) is 5.73 Å². The molecule has 4 nitrogen and oxygen atoms in total. The maximum absolute atomic E-state index is 10.5. The van der Waals surface area contributed by atoms with Crippen molar-refractivity contribution in [3.05, 3.63) is 35.9 Å². The molecule has 0 saturated heterocycles. The van der Waals surface area contributed by atoms with Crippen LogP contribution >= 0.6 is 0 Å². The molecule has 0 spiro atoms. The Morgan fingerprint density at radius 1 is 1.47 bits per heavy atom. The third-order valence-electron chi connectivity index (χ3n) is 2.33. The predicted molar refractivity (Wildman–Crippen MR) is 58.6 cm³/mol. The summed E-state index contributed by atoms with van der Waals surface area (Å²) in [5, 5.41) is 8.65. The van der Waals surface area contributed by atoms with Crippen molar-refractivity contribution >= 4 is 6.09 Å². The fraction of sp³-hybridized carbons (Fsp3) is 0.364. The van der Waals surface area contributed by atoms with Crippen LogP contribution in [0.2, 0.25) is 0 Å². The average molecular weight is 208 g/mol. The number of carboxylic acid groups (broad SMARTS) is 1. The second-order valence-electron chi connectivity index (χ2n) is 3.51. The number of nitrogens with two attached hydrogens (primary N) is 1. The van der Waals surface area contributed by atoms with Gasteiger partial charge in [-0.1, -0.05) is 30.3 Å². The van der Waals surface area contributed by atoms with Crippen LogP contribution in [0.1, 0.15) is 18.0 Å². The Morgan fingerprint density at radius 3 is 2.60 bits per heavy atom. The van der Waals surface area contributed by atoms with Gasteiger partial charge in [-0.2, -0.15) is 0 Å². The fourth-order valence-electron chi connectivity index (χ4n) is 1.30. The van der Waals surface area contributed by atoms with Crippen molar-refractivity contribution in [3.63, 3.8) is 0 Å². The molecule has 0 heterocycles. The number of hydrogen-bond donors (Lipinski definition) is 2. The Hall–Kier alpha value is -1.55. The molecule has 0 aromatic heterocycles. The molecule has 0 aliphatic rings. The lowest BCUT2D eigenvalue weighted by molar-refractivity contribution is 0.154. The molecule has 1 aromatic carbocycles. The van der Waals surface area contributed by atoms with Gasteiger partial charge in [-0.3, -0.25) is 0 Å². The molecular weight excluding hydrogens is 192 g/mol. The molecule has 0 radical (unpaired) electrons. The molecule has 15 heavy (non-hydrogen) atoms. The summed E-state index contributed by atoms with van der Waals surface area (Å²) >= 11 is 0. The van der Waals surface area contributed by atoms with Gasteiger partial charge in [0.25, 0.3) is 0 Å². The van der Waals surface area contributed by atoms with E-state index in [1.54, 1.807) is 7.05 Å². The molecule has 1 amide bonds. The minimum Gasteiger partial charge on any atom is -0.465 e. The highest BCUT2D eigenvalue weighted by molar-refractivity contribution is 5.64. The van der Waals surface area contributed by atoms with Crippen LogP contribution in [0.15, 0.2) is 30.3 Å². The Labute approximate surface area is 89.3 Å². The maximum Gasteiger partial charge on any atom is 0.407 e. The topological polar surface area (TPSA) is 66.6 Å². The minimum atomic E-state index is -0.921. The fourth-order valence-corrected chi connectivity index (χ4v) is 1.30. The lowest BCUT2D eigenvalue weighted by Gasteiger charge is -2.16. The van der Waals surface area contributed by atoms with Crippen LogP contribution in [0, 0.1) is 0 Å². The van der Waals surface area contributed by atoms with E-state index in [0.717, 1.165) is 5.56 Å². The highest BCUT2D eigenvalue weighted by atomic mass is 16.4. The lowest BCUT2D eigenvalue weighted by atomic mass is 10.1. The highest BCUT2D eigenvalue weighted by Gasteiger charge is 2.09. The normalized spacial score (nSPS) is 12.1. The first-order valence-electron chi connectivity index (χ1n) is 4.86. The third kappa shape index (κ3) is 3.59. The van der Waals surface area contributed by atoms with Crippen molar-refractivity contribution < 1.29 is 9.90 Å². The van der Waals surface area contributed by atoms with Gasteiger partial charge in [0.15, 0.2) is 0 Å². The van der Waals surface area contributed by atoms with E-state index in [1.165, 1.54) is 4.90 Å². The van der Waals surface area contributed by atoms with E-state index in [1.807, 2.05) is 30.3 Å². The Kier molecular flexibility index (Phi) is 4.12. The number of rotatable bonds is 4. The zero-order chi connectivity index (χ0) is 11.3. The summed E-state index contributed by atoms with van der Waals surface area (Å²) in [6, 6.07) is 9.58. The largest absolute Gasteiger partial charge is 0.465 e. The average Bonchev–Trinajstić information content (AvgIpc) is 2.26. The van der Waals surface area contributed by atoms with E-state index in [9.17, 15) is 4.79 Å². The molecule has 3 N–H and O–H groups in total. The van der Waals surface area contributed by atoms with Crippen LogP contribution in [0.3, 0.4) is 0 Å². The van der Waals surface area contributed by atoms with Crippen LogP contribution in [0.5, 0.6) is 0 Å². The number of amides is 1. The number of benzene rings is 1.